The van der Waals surface area contributed by atoms with Crippen LogP contribution in [0, 0.1) is 13.8 Å². The van der Waals surface area contributed by atoms with Crippen LogP contribution in [0.4, 0.5) is 5.69 Å². The minimum atomic E-state index is 0.644. The zero-order valence-electron chi connectivity index (χ0n) is 9.83. The summed E-state index contributed by atoms with van der Waals surface area (Å²) in [6, 6.07) is 11.5. The van der Waals surface area contributed by atoms with E-state index >= 15 is 0 Å². The molecule has 2 rings (SSSR count). The fourth-order valence-corrected chi connectivity index (χ4v) is 1.89. The fraction of sp³-hybridized carbons (Fsp3) is 0.143. The maximum atomic E-state index is 5.84. The van der Waals surface area contributed by atoms with Crippen LogP contribution in [0.15, 0.2) is 40.9 Å². The van der Waals surface area contributed by atoms with Crippen molar-refractivity contribution in [3.05, 3.63) is 52.0 Å². The molecule has 0 heterocycles. The number of rotatable bonds is 2. The SMILES string of the molecule is Cc1cc(Oc2ccccc2N)cc(C)c1Br. The molecule has 17 heavy (non-hydrogen) atoms. The molecule has 2 N–H and O–H groups in total. The Labute approximate surface area is 110 Å². The Morgan fingerprint density at radius 3 is 2.24 bits per heavy atom. The van der Waals surface area contributed by atoms with Gasteiger partial charge in [0.1, 0.15) is 11.5 Å². The second-order valence-electron chi connectivity index (χ2n) is 4.01. The van der Waals surface area contributed by atoms with Gasteiger partial charge in [-0.1, -0.05) is 28.1 Å². The number of aryl methyl sites for hydroxylation is 2. The summed E-state index contributed by atoms with van der Waals surface area (Å²) in [6.45, 7) is 4.08. The van der Waals surface area contributed by atoms with Crippen molar-refractivity contribution >= 4 is 21.6 Å². The largest absolute Gasteiger partial charge is 0.455 e. The lowest BCUT2D eigenvalue weighted by Crippen LogP contribution is -1.92. The van der Waals surface area contributed by atoms with Crippen molar-refractivity contribution in [3.8, 4) is 11.5 Å². The number of para-hydroxylation sites is 2. The van der Waals surface area contributed by atoms with Crippen molar-refractivity contribution in [3.63, 3.8) is 0 Å². The zero-order chi connectivity index (χ0) is 12.4. The first-order chi connectivity index (χ1) is 8.08. The van der Waals surface area contributed by atoms with Crippen LogP contribution in [0.25, 0.3) is 0 Å². The fourth-order valence-electron chi connectivity index (χ4n) is 1.67. The topological polar surface area (TPSA) is 35.2 Å². The van der Waals surface area contributed by atoms with Crippen molar-refractivity contribution < 1.29 is 4.74 Å². The number of anilines is 1. The molecule has 3 heteroatoms. The molecule has 88 valence electrons. The Balaban J connectivity index is 2.34. The molecule has 2 aromatic carbocycles. The normalized spacial score (nSPS) is 10.3. The van der Waals surface area contributed by atoms with Gasteiger partial charge in [0.25, 0.3) is 0 Å². The zero-order valence-corrected chi connectivity index (χ0v) is 11.4. The van der Waals surface area contributed by atoms with Gasteiger partial charge in [0.15, 0.2) is 0 Å². The third-order valence-corrected chi connectivity index (χ3v) is 3.81. The summed E-state index contributed by atoms with van der Waals surface area (Å²) in [5.41, 5.74) is 8.78. The predicted molar refractivity (Wildman–Crippen MR) is 74.5 cm³/mol. The molecule has 0 aliphatic heterocycles. The van der Waals surface area contributed by atoms with Crippen molar-refractivity contribution in [2.45, 2.75) is 13.8 Å². The smallest absolute Gasteiger partial charge is 0.150 e. The predicted octanol–water partition coefficient (Wildman–Crippen LogP) is 4.44. The molecule has 0 atom stereocenters. The van der Waals surface area contributed by atoms with Crippen LogP contribution in [0.3, 0.4) is 0 Å². The molecular formula is C14H14BrNO. The number of hydrogen-bond donors (Lipinski definition) is 1. The first-order valence-electron chi connectivity index (χ1n) is 5.37. The Hall–Kier alpha value is -1.48. The van der Waals surface area contributed by atoms with Gasteiger partial charge in [0.05, 0.1) is 5.69 Å². The molecular weight excluding hydrogens is 278 g/mol. The van der Waals surface area contributed by atoms with Crippen molar-refractivity contribution in [2.24, 2.45) is 0 Å². The first-order valence-corrected chi connectivity index (χ1v) is 6.16. The minimum Gasteiger partial charge on any atom is -0.455 e. The van der Waals surface area contributed by atoms with E-state index in [0.717, 1.165) is 21.3 Å². The number of nitrogens with two attached hydrogens (primary N) is 1. The third kappa shape index (κ3) is 2.61. The second-order valence-corrected chi connectivity index (χ2v) is 4.80. The van der Waals surface area contributed by atoms with Crippen LogP contribution < -0.4 is 10.5 Å². The highest BCUT2D eigenvalue weighted by Crippen LogP contribution is 2.31. The molecule has 0 aliphatic rings. The van der Waals surface area contributed by atoms with Crippen LogP contribution in [-0.2, 0) is 0 Å². The Morgan fingerprint density at radius 2 is 1.65 bits per heavy atom. The summed E-state index contributed by atoms with van der Waals surface area (Å²) in [6.07, 6.45) is 0. The number of benzene rings is 2. The van der Waals surface area contributed by atoms with E-state index in [0.29, 0.717) is 11.4 Å². The first kappa shape index (κ1) is 12.0. The van der Waals surface area contributed by atoms with Crippen LogP contribution >= 0.6 is 15.9 Å². The van der Waals surface area contributed by atoms with Gasteiger partial charge in [-0.2, -0.15) is 0 Å². The van der Waals surface area contributed by atoms with Gasteiger partial charge in [-0.05, 0) is 49.2 Å². The molecule has 0 radical (unpaired) electrons. The molecule has 0 spiro atoms. The lowest BCUT2D eigenvalue weighted by molar-refractivity contribution is 0.484. The van der Waals surface area contributed by atoms with Gasteiger partial charge in [-0.25, -0.2) is 0 Å². The maximum absolute atomic E-state index is 5.84. The van der Waals surface area contributed by atoms with Crippen LogP contribution in [0.5, 0.6) is 11.5 Å². The van der Waals surface area contributed by atoms with Gasteiger partial charge < -0.3 is 10.5 Å². The van der Waals surface area contributed by atoms with Gasteiger partial charge in [-0.15, -0.1) is 0 Å². The molecule has 0 saturated carbocycles. The maximum Gasteiger partial charge on any atom is 0.150 e. The summed E-state index contributed by atoms with van der Waals surface area (Å²) in [5, 5.41) is 0. The highest BCUT2D eigenvalue weighted by Gasteiger charge is 2.05. The second kappa shape index (κ2) is 4.80. The molecule has 2 nitrogen and oxygen atoms in total. The lowest BCUT2D eigenvalue weighted by Gasteiger charge is -2.11. The average Bonchev–Trinajstić information content (AvgIpc) is 2.29. The van der Waals surface area contributed by atoms with Gasteiger partial charge in [0, 0.05) is 4.47 Å². The van der Waals surface area contributed by atoms with Crippen molar-refractivity contribution in [1.82, 2.24) is 0 Å². The summed E-state index contributed by atoms with van der Waals surface area (Å²) >= 11 is 3.53. The minimum absolute atomic E-state index is 0.644. The standard InChI is InChI=1S/C14H14BrNO/c1-9-7-11(8-10(2)14(9)15)17-13-6-4-3-5-12(13)16/h3-8H,16H2,1-2H3. The van der Waals surface area contributed by atoms with E-state index in [2.05, 4.69) is 15.9 Å². The summed E-state index contributed by atoms with van der Waals surface area (Å²) in [4.78, 5) is 0. The average molecular weight is 292 g/mol. The van der Waals surface area contributed by atoms with Crippen LogP contribution in [0.1, 0.15) is 11.1 Å². The van der Waals surface area contributed by atoms with Gasteiger partial charge in [-0.3, -0.25) is 0 Å². The third-order valence-electron chi connectivity index (χ3n) is 2.56. The number of ether oxygens (including phenoxy) is 1. The quantitative estimate of drug-likeness (QED) is 0.830. The molecule has 0 saturated heterocycles. The van der Waals surface area contributed by atoms with E-state index in [1.807, 2.05) is 50.2 Å². The highest BCUT2D eigenvalue weighted by atomic mass is 79.9. The number of halogens is 1. The molecule has 0 bridgehead atoms. The Morgan fingerprint density at radius 1 is 1.06 bits per heavy atom. The summed E-state index contributed by atoms with van der Waals surface area (Å²) in [5.74, 6) is 1.50. The number of hydrogen-bond acceptors (Lipinski definition) is 2. The van der Waals surface area contributed by atoms with E-state index in [1.165, 1.54) is 0 Å². The van der Waals surface area contributed by atoms with E-state index in [-0.39, 0.29) is 0 Å². The molecule has 0 fully saturated rings. The Bertz CT molecular complexity index is 529. The van der Waals surface area contributed by atoms with E-state index < -0.39 is 0 Å². The van der Waals surface area contributed by atoms with E-state index in [4.69, 9.17) is 10.5 Å². The molecule has 0 amide bonds. The monoisotopic (exact) mass is 291 g/mol. The Kier molecular flexibility index (Phi) is 3.38. The molecule has 0 aliphatic carbocycles. The van der Waals surface area contributed by atoms with Gasteiger partial charge >= 0.3 is 0 Å². The van der Waals surface area contributed by atoms with Crippen LogP contribution in [0.2, 0.25) is 0 Å². The van der Waals surface area contributed by atoms with Crippen molar-refractivity contribution in [2.75, 3.05) is 5.73 Å². The molecule has 2 aromatic rings. The summed E-state index contributed by atoms with van der Waals surface area (Å²) in [7, 11) is 0. The van der Waals surface area contributed by atoms with E-state index in [1.54, 1.807) is 0 Å². The highest BCUT2D eigenvalue weighted by molar-refractivity contribution is 9.10. The van der Waals surface area contributed by atoms with Crippen LogP contribution in [-0.4, -0.2) is 0 Å². The molecule has 0 aromatic heterocycles. The lowest BCUT2D eigenvalue weighted by atomic mass is 10.1. The van der Waals surface area contributed by atoms with E-state index in [9.17, 15) is 0 Å². The molecule has 0 unspecified atom stereocenters. The van der Waals surface area contributed by atoms with Gasteiger partial charge in [0.2, 0.25) is 0 Å². The summed E-state index contributed by atoms with van der Waals surface area (Å²) < 4.78 is 6.90. The van der Waals surface area contributed by atoms with Crippen molar-refractivity contribution in [1.29, 1.82) is 0 Å². The number of nitrogen functional groups attached to an aromatic ring is 1.